The van der Waals surface area contributed by atoms with Gasteiger partial charge in [-0.2, -0.15) is 0 Å². The number of nitrogens with one attached hydrogen (secondary N) is 1. The van der Waals surface area contributed by atoms with Crippen LogP contribution in [0.5, 0.6) is 0 Å². The molecule has 0 fully saturated rings. The van der Waals surface area contributed by atoms with Crippen molar-refractivity contribution in [2.24, 2.45) is 0 Å². The Labute approximate surface area is 119 Å². The summed E-state index contributed by atoms with van der Waals surface area (Å²) in [6.45, 7) is 9.15. The van der Waals surface area contributed by atoms with E-state index in [0.29, 0.717) is 13.2 Å². The van der Waals surface area contributed by atoms with Crippen LogP contribution in [0.2, 0.25) is 0 Å². The second-order valence-electron chi connectivity index (χ2n) is 5.60. The Balaban J connectivity index is 2.35. The first-order valence-electron chi connectivity index (χ1n) is 6.73. The lowest BCUT2D eigenvalue weighted by molar-refractivity contribution is 0.103. The van der Waals surface area contributed by atoms with Gasteiger partial charge in [0.05, 0.1) is 28.9 Å². The largest absolute Gasteiger partial charge is 0.375 e. The Bertz CT molecular complexity index is 387. The van der Waals surface area contributed by atoms with Crippen LogP contribution in [0.25, 0.3) is 0 Å². The van der Waals surface area contributed by atoms with E-state index >= 15 is 0 Å². The first-order chi connectivity index (χ1) is 8.93. The molecule has 108 valence electrons. The van der Waals surface area contributed by atoms with Crippen molar-refractivity contribution in [1.29, 1.82) is 0 Å². The molecule has 0 saturated heterocycles. The highest BCUT2D eigenvalue weighted by Gasteiger charge is 2.22. The summed E-state index contributed by atoms with van der Waals surface area (Å²) in [6.07, 6.45) is 0.899. The van der Waals surface area contributed by atoms with Gasteiger partial charge >= 0.3 is 0 Å². The van der Waals surface area contributed by atoms with E-state index in [1.807, 2.05) is 51.1 Å². The summed E-state index contributed by atoms with van der Waals surface area (Å²) in [4.78, 5) is 0. The second kappa shape index (κ2) is 7.78. The maximum atomic E-state index is 12.0. The van der Waals surface area contributed by atoms with Gasteiger partial charge in [-0.05, 0) is 32.8 Å². The average Bonchev–Trinajstić information content (AvgIpc) is 2.37. The summed E-state index contributed by atoms with van der Waals surface area (Å²) >= 11 is 0. The van der Waals surface area contributed by atoms with E-state index in [-0.39, 0.29) is 10.8 Å². The van der Waals surface area contributed by atoms with Crippen LogP contribution in [0.1, 0.15) is 39.7 Å². The molecule has 1 N–H and O–H groups in total. The van der Waals surface area contributed by atoms with Crippen molar-refractivity contribution in [3.8, 4) is 0 Å². The second-order valence-corrected chi connectivity index (χ2v) is 7.60. The molecule has 0 aromatic heterocycles. The molecule has 0 amide bonds. The summed E-state index contributed by atoms with van der Waals surface area (Å²) < 4.78 is 20.6. The number of ether oxygens (including phenoxy) is 1. The summed E-state index contributed by atoms with van der Waals surface area (Å²) in [5.74, 6) is 0. The van der Waals surface area contributed by atoms with E-state index < -0.39 is 11.0 Å². The van der Waals surface area contributed by atoms with Crippen molar-refractivity contribution >= 4 is 11.0 Å². The minimum absolute atomic E-state index is 0.128. The Kier molecular flexibility index (Phi) is 6.69. The van der Waals surface area contributed by atoms with Crippen LogP contribution in [-0.2, 0) is 22.3 Å². The number of hydrogen-bond acceptors (Lipinski definition) is 2. The van der Waals surface area contributed by atoms with Gasteiger partial charge in [0.15, 0.2) is 0 Å². The zero-order valence-corrected chi connectivity index (χ0v) is 13.1. The molecule has 1 aromatic carbocycles. The van der Waals surface area contributed by atoms with Crippen molar-refractivity contribution in [3.05, 3.63) is 35.9 Å². The molecule has 0 aliphatic rings. The van der Waals surface area contributed by atoms with Crippen LogP contribution in [0, 0.1) is 0 Å². The molecule has 0 heterocycles. The molecule has 4 heteroatoms. The van der Waals surface area contributed by atoms with Gasteiger partial charge in [0.25, 0.3) is 0 Å². The smallest absolute Gasteiger partial charge is 0.0973 e. The van der Waals surface area contributed by atoms with Crippen LogP contribution >= 0.6 is 0 Å². The first kappa shape index (κ1) is 16.3. The van der Waals surface area contributed by atoms with Gasteiger partial charge in [-0.3, -0.25) is 0 Å². The fraction of sp³-hybridized carbons (Fsp3) is 0.600. The highest BCUT2D eigenvalue weighted by atomic mass is 32.2. The lowest BCUT2D eigenvalue weighted by atomic mass is 10.2. The lowest BCUT2D eigenvalue weighted by Gasteiger charge is -2.23. The van der Waals surface area contributed by atoms with Crippen molar-refractivity contribution in [2.75, 3.05) is 6.61 Å². The number of rotatable bonds is 7. The molecule has 0 bridgehead atoms. The lowest BCUT2D eigenvalue weighted by Crippen LogP contribution is -2.41. The van der Waals surface area contributed by atoms with E-state index in [9.17, 15) is 4.21 Å². The van der Waals surface area contributed by atoms with E-state index in [4.69, 9.17) is 4.74 Å². The van der Waals surface area contributed by atoms with Crippen LogP contribution in [-0.4, -0.2) is 21.6 Å². The minimum atomic E-state index is -1.05. The van der Waals surface area contributed by atoms with E-state index in [0.717, 1.165) is 12.0 Å². The fourth-order valence-corrected chi connectivity index (χ4v) is 2.35. The maximum absolute atomic E-state index is 12.0. The molecule has 0 aliphatic heterocycles. The predicted molar refractivity (Wildman–Crippen MR) is 81.2 cm³/mol. The molecular formula is C15H25NO2S. The zero-order valence-electron chi connectivity index (χ0n) is 12.3. The topological polar surface area (TPSA) is 38.3 Å². The summed E-state index contributed by atoms with van der Waals surface area (Å²) in [7, 11) is -1.05. The third-order valence-corrected chi connectivity index (χ3v) is 4.41. The Morgan fingerprint density at radius 1 is 1.26 bits per heavy atom. The van der Waals surface area contributed by atoms with Gasteiger partial charge in [0.2, 0.25) is 0 Å². The molecule has 0 spiro atoms. The van der Waals surface area contributed by atoms with E-state index in [1.54, 1.807) is 0 Å². The quantitative estimate of drug-likeness (QED) is 0.835. The van der Waals surface area contributed by atoms with Crippen molar-refractivity contribution in [1.82, 2.24) is 4.72 Å². The van der Waals surface area contributed by atoms with Crippen molar-refractivity contribution in [3.63, 3.8) is 0 Å². The molecule has 1 aromatic rings. The number of hydrogen-bond donors (Lipinski definition) is 1. The summed E-state index contributed by atoms with van der Waals surface area (Å²) in [5, 5.41) is 0. The van der Waals surface area contributed by atoms with Gasteiger partial charge in [0.1, 0.15) is 0 Å². The van der Waals surface area contributed by atoms with E-state index in [1.165, 1.54) is 0 Å². The highest BCUT2D eigenvalue weighted by molar-refractivity contribution is 7.84. The molecule has 0 radical (unpaired) electrons. The summed E-state index contributed by atoms with van der Waals surface area (Å²) in [5.41, 5.74) is 1.16. The van der Waals surface area contributed by atoms with E-state index in [2.05, 4.69) is 11.6 Å². The molecule has 3 nitrogen and oxygen atoms in total. The molecule has 0 unspecified atom stereocenters. The predicted octanol–water partition coefficient (Wildman–Crippen LogP) is 3.03. The average molecular weight is 283 g/mol. The van der Waals surface area contributed by atoms with Crippen molar-refractivity contribution < 1.29 is 8.95 Å². The van der Waals surface area contributed by atoms with Crippen LogP contribution < -0.4 is 4.72 Å². The standard InChI is InChI=1S/C15H25NO2S/c1-5-14(16-19(17)15(2,3)4)12-18-11-13-9-7-6-8-10-13/h6-10,14,16H,5,11-12H2,1-4H3/t14-,19-/m1/s1. The summed E-state index contributed by atoms with van der Waals surface area (Å²) in [6, 6.07) is 10.2. The first-order valence-corrected chi connectivity index (χ1v) is 7.88. The van der Waals surface area contributed by atoms with Gasteiger partial charge in [-0.1, -0.05) is 37.3 Å². The van der Waals surface area contributed by atoms with Crippen molar-refractivity contribution in [2.45, 2.75) is 51.5 Å². The normalized spacial score (nSPS) is 15.2. The Morgan fingerprint density at radius 2 is 1.89 bits per heavy atom. The zero-order chi connectivity index (χ0) is 14.3. The molecule has 0 saturated carbocycles. The molecule has 0 aliphatic carbocycles. The molecule has 1 rings (SSSR count). The number of benzene rings is 1. The molecule has 19 heavy (non-hydrogen) atoms. The van der Waals surface area contributed by atoms with Crippen LogP contribution in [0.3, 0.4) is 0 Å². The van der Waals surface area contributed by atoms with Gasteiger partial charge in [-0.25, -0.2) is 8.93 Å². The molecular weight excluding hydrogens is 258 g/mol. The third kappa shape index (κ3) is 6.32. The SMILES string of the molecule is CC[C@H](COCc1ccccc1)N[S@](=O)C(C)(C)C. The maximum Gasteiger partial charge on any atom is 0.0973 e. The van der Waals surface area contributed by atoms with Crippen LogP contribution in [0.4, 0.5) is 0 Å². The van der Waals surface area contributed by atoms with Gasteiger partial charge in [0, 0.05) is 6.04 Å². The molecule has 2 atom stereocenters. The van der Waals surface area contributed by atoms with Crippen LogP contribution in [0.15, 0.2) is 30.3 Å². The Morgan fingerprint density at radius 3 is 2.42 bits per heavy atom. The van der Waals surface area contributed by atoms with Gasteiger partial charge < -0.3 is 4.74 Å². The monoisotopic (exact) mass is 283 g/mol. The minimum Gasteiger partial charge on any atom is -0.375 e. The van der Waals surface area contributed by atoms with Gasteiger partial charge in [-0.15, -0.1) is 0 Å². The highest BCUT2D eigenvalue weighted by Crippen LogP contribution is 2.10. The fourth-order valence-electron chi connectivity index (χ4n) is 1.46. The Hall–Kier alpha value is -0.710. The third-order valence-electron chi connectivity index (χ3n) is 2.75.